The second-order valence-corrected chi connectivity index (χ2v) is 10.4. The van der Waals surface area contributed by atoms with Crippen molar-refractivity contribution in [2.45, 2.75) is 44.7 Å². The summed E-state index contributed by atoms with van der Waals surface area (Å²) in [6, 6.07) is 25.6. The number of nitrogens with one attached hydrogen (secondary N) is 1. The highest BCUT2D eigenvalue weighted by atomic mass is 16.5. The summed E-state index contributed by atoms with van der Waals surface area (Å²) in [5.41, 5.74) is 1.92. The van der Waals surface area contributed by atoms with Gasteiger partial charge in [0.05, 0.1) is 6.61 Å². The molecule has 2 heterocycles. The Hall–Kier alpha value is -3.35. The lowest BCUT2D eigenvalue weighted by atomic mass is 10.1. The Bertz CT molecular complexity index is 1130. The molecular formula is C32H39N3O3. The number of ether oxygens (including phenoxy) is 2. The third-order valence-electron chi connectivity index (χ3n) is 7.37. The Morgan fingerprint density at radius 2 is 1.50 bits per heavy atom. The van der Waals surface area contributed by atoms with Gasteiger partial charge in [0.1, 0.15) is 17.2 Å². The number of hydrogen-bond acceptors (Lipinski definition) is 5. The molecule has 2 aliphatic rings. The highest BCUT2D eigenvalue weighted by Gasteiger charge is 2.24. The zero-order valence-electron chi connectivity index (χ0n) is 22.2. The van der Waals surface area contributed by atoms with Crippen molar-refractivity contribution >= 4 is 5.91 Å². The Morgan fingerprint density at radius 3 is 2.26 bits per heavy atom. The Balaban J connectivity index is 1.01. The van der Waals surface area contributed by atoms with Crippen LogP contribution in [0.25, 0.3) is 0 Å². The molecule has 3 aromatic rings. The van der Waals surface area contributed by atoms with Crippen molar-refractivity contribution in [1.29, 1.82) is 0 Å². The lowest BCUT2D eigenvalue weighted by Crippen LogP contribution is -2.36. The molecule has 0 radical (unpaired) electrons. The fraction of sp³-hybridized carbons (Fsp3) is 0.406. The van der Waals surface area contributed by atoms with Crippen molar-refractivity contribution in [2.24, 2.45) is 0 Å². The number of piperidine rings is 1. The van der Waals surface area contributed by atoms with Gasteiger partial charge in [0.2, 0.25) is 0 Å². The molecule has 0 saturated carbocycles. The van der Waals surface area contributed by atoms with Crippen molar-refractivity contribution < 1.29 is 14.3 Å². The molecule has 3 aromatic carbocycles. The number of para-hydroxylation sites is 1. The van der Waals surface area contributed by atoms with Crippen LogP contribution < -0.4 is 14.8 Å². The maximum atomic E-state index is 12.8. The van der Waals surface area contributed by atoms with E-state index in [1.54, 1.807) is 0 Å². The molecule has 1 atom stereocenters. The van der Waals surface area contributed by atoms with Crippen LogP contribution in [0.1, 0.15) is 48.0 Å². The highest BCUT2D eigenvalue weighted by Crippen LogP contribution is 2.22. The van der Waals surface area contributed by atoms with Crippen LogP contribution >= 0.6 is 0 Å². The second-order valence-electron chi connectivity index (χ2n) is 10.4. The standard InChI is InChI=1S/C32H39N3O3/c36-32(27-12-16-31(17-13-27)38-30-8-3-1-4-9-30)33-28-18-22-35(25-28)24-26-10-14-29(15-11-26)37-23-7-21-34-19-5-2-6-20-34/h1,3-4,8-17,28H,2,5-7,18-25H2,(H,33,36)/t28-/m0/s1. The zero-order valence-corrected chi connectivity index (χ0v) is 22.2. The smallest absolute Gasteiger partial charge is 0.251 e. The summed E-state index contributed by atoms with van der Waals surface area (Å²) >= 11 is 0. The van der Waals surface area contributed by atoms with Crippen LogP contribution in [0.4, 0.5) is 0 Å². The summed E-state index contributed by atoms with van der Waals surface area (Å²) in [5, 5.41) is 3.20. The summed E-state index contributed by atoms with van der Waals surface area (Å²) in [6.45, 7) is 7.11. The van der Waals surface area contributed by atoms with Crippen molar-refractivity contribution in [3.05, 3.63) is 90.0 Å². The number of carbonyl (C=O) groups is 1. The molecule has 5 rings (SSSR count). The molecule has 200 valence electrons. The summed E-state index contributed by atoms with van der Waals surface area (Å²) < 4.78 is 11.8. The minimum Gasteiger partial charge on any atom is -0.494 e. The summed E-state index contributed by atoms with van der Waals surface area (Å²) in [4.78, 5) is 17.7. The minimum atomic E-state index is -0.0371. The van der Waals surface area contributed by atoms with Crippen LogP contribution in [-0.2, 0) is 6.54 Å². The molecular weight excluding hydrogens is 474 g/mol. The van der Waals surface area contributed by atoms with Gasteiger partial charge in [-0.15, -0.1) is 0 Å². The van der Waals surface area contributed by atoms with E-state index in [9.17, 15) is 4.79 Å². The molecule has 2 saturated heterocycles. The van der Waals surface area contributed by atoms with E-state index in [-0.39, 0.29) is 11.9 Å². The maximum Gasteiger partial charge on any atom is 0.251 e. The quantitative estimate of drug-likeness (QED) is 0.332. The van der Waals surface area contributed by atoms with E-state index in [1.807, 2.05) is 54.6 Å². The van der Waals surface area contributed by atoms with E-state index < -0.39 is 0 Å². The molecule has 2 fully saturated rings. The largest absolute Gasteiger partial charge is 0.494 e. The average Bonchev–Trinajstić information content (AvgIpc) is 3.40. The molecule has 2 aliphatic heterocycles. The van der Waals surface area contributed by atoms with E-state index in [1.165, 1.54) is 37.9 Å². The number of amides is 1. The van der Waals surface area contributed by atoms with Gasteiger partial charge in [-0.25, -0.2) is 0 Å². The molecule has 1 N–H and O–H groups in total. The van der Waals surface area contributed by atoms with Gasteiger partial charge in [0.15, 0.2) is 0 Å². The molecule has 0 spiro atoms. The molecule has 6 heteroatoms. The lowest BCUT2D eigenvalue weighted by molar-refractivity contribution is 0.0937. The normalized spacial score (nSPS) is 18.3. The second kappa shape index (κ2) is 13.4. The number of hydrogen-bond donors (Lipinski definition) is 1. The van der Waals surface area contributed by atoms with Gasteiger partial charge >= 0.3 is 0 Å². The molecule has 0 unspecified atom stereocenters. The van der Waals surface area contributed by atoms with Crippen LogP contribution in [0.2, 0.25) is 0 Å². The van der Waals surface area contributed by atoms with Crippen LogP contribution in [0.5, 0.6) is 17.2 Å². The fourth-order valence-corrected chi connectivity index (χ4v) is 5.27. The first-order valence-electron chi connectivity index (χ1n) is 14.0. The first-order chi connectivity index (χ1) is 18.7. The van der Waals surface area contributed by atoms with Crippen molar-refractivity contribution in [1.82, 2.24) is 15.1 Å². The van der Waals surface area contributed by atoms with Crippen LogP contribution in [-0.4, -0.2) is 61.1 Å². The van der Waals surface area contributed by atoms with E-state index in [4.69, 9.17) is 9.47 Å². The van der Waals surface area contributed by atoms with Crippen LogP contribution in [0, 0.1) is 0 Å². The van der Waals surface area contributed by atoms with Gasteiger partial charge in [-0.3, -0.25) is 9.69 Å². The molecule has 38 heavy (non-hydrogen) atoms. The van der Waals surface area contributed by atoms with Gasteiger partial charge in [-0.05, 0) is 92.9 Å². The van der Waals surface area contributed by atoms with Crippen molar-refractivity contribution in [3.8, 4) is 17.2 Å². The lowest BCUT2D eigenvalue weighted by Gasteiger charge is -2.26. The molecule has 1 amide bonds. The monoisotopic (exact) mass is 513 g/mol. The number of nitrogens with zero attached hydrogens (tertiary/aromatic N) is 2. The molecule has 0 aliphatic carbocycles. The molecule has 0 bridgehead atoms. The Labute approximate surface area is 226 Å². The van der Waals surface area contributed by atoms with E-state index in [0.717, 1.165) is 57.1 Å². The van der Waals surface area contributed by atoms with E-state index in [0.29, 0.717) is 11.3 Å². The van der Waals surface area contributed by atoms with Crippen LogP contribution in [0.3, 0.4) is 0 Å². The Kier molecular flexibility index (Phi) is 9.29. The van der Waals surface area contributed by atoms with Crippen molar-refractivity contribution in [3.63, 3.8) is 0 Å². The van der Waals surface area contributed by atoms with Crippen LogP contribution in [0.15, 0.2) is 78.9 Å². The Morgan fingerprint density at radius 1 is 0.789 bits per heavy atom. The fourth-order valence-electron chi connectivity index (χ4n) is 5.27. The number of rotatable bonds is 11. The number of carbonyl (C=O) groups excluding carboxylic acids is 1. The van der Waals surface area contributed by atoms with Gasteiger partial charge in [0.25, 0.3) is 5.91 Å². The SMILES string of the molecule is O=C(N[C@H]1CCN(Cc2ccc(OCCCN3CCCCC3)cc2)C1)c1ccc(Oc2ccccc2)cc1. The predicted molar refractivity (Wildman–Crippen MR) is 151 cm³/mol. The number of benzene rings is 3. The summed E-state index contributed by atoms with van der Waals surface area (Å²) in [6.07, 6.45) is 6.09. The third-order valence-corrected chi connectivity index (χ3v) is 7.37. The van der Waals surface area contributed by atoms with Gasteiger partial charge < -0.3 is 19.7 Å². The van der Waals surface area contributed by atoms with Crippen molar-refractivity contribution in [2.75, 3.05) is 39.3 Å². The minimum absolute atomic E-state index is 0.0371. The first-order valence-corrected chi connectivity index (χ1v) is 14.0. The van der Waals surface area contributed by atoms with E-state index >= 15 is 0 Å². The highest BCUT2D eigenvalue weighted by molar-refractivity contribution is 5.94. The molecule has 6 nitrogen and oxygen atoms in total. The average molecular weight is 514 g/mol. The third kappa shape index (κ3) is 7.83. The molecule has 0 aromatic heterocycles. The predicted octanol–water partition coefficient (Wildman–Crippen LogP) is 5.74. The summed E-state index contributed by atoms with van der Waals surface area (Å²) in [5.74, 6) is 2.40. The van der Waals surface area contributed by atoms with Gasteiger partial charge in [-0.2, -0.15) is 0 Å². The number of likely N-dealkylation sites (tertiary alicyclic amines) is 2. The van der Waals surface area contributed by atoms with E-state index in [2.05, 4.69) is 39.4 Å². The first kappa shape index (κ1) is 26.3. The summed E-state index contributed by atoms with van der Waals surface area (Å²) in [7, 11) is 0. The van der Waals surface area contributed by atoms with Gasteiger partial charge in [-0.1, -0.05) is 36.8 Å². The van der Waals surface area contributed by atoms with Gasteiger partial charge in [0, 0.05) is 37.8 Å². The maximum absolute atomic E-state index is 12.8. The topological polar surface area (TPSA) is 54.0 Å². The zero-order chi connectivity index (χ0) is 26.0.